The normalized spacial score (nSPS) is 24.6. The lowest BCUT2D eigenvalue weighted by molar-refractivity contribution is -0.0901. The van der Waals surface area contributed by atoms with E-state index in [2.05, 4.69) is 53.4 Å². The van der Waals surface area contributed by atoms with Crippen LogP contribution in [0.25, 0.3) is 0 Å². The predicted octanol–water partition coefficient (Wildman–Crippen LogP) is 3.67. The predicted molar refractivity (Wildman–Crippen MR) is 74.3 cm³/mol. The third-order valence-electron chi connectivity index (χ3n) is 3.64. The highest BCUT2D eigenvalue weighted by molar-refractivity contribution is 5.07. The van der Waals surface area contributed by atoms with Crippen LogP contribution < -0.4 is 5.32 Å². The summed E-state index contributed by atoms with van der Waals surface area (Å²) in [5.41, 5.74) is 1.13. The third-order valence-corrected chi connectivity index (χ3v) is 3.64. The first-order valence-corrected chi connectivity index (χ1v) is 6.57. The Hall–Kier alpha value is -0.340. The molecule has 1 N–H and O–H groups in total. The Kier molecular flexibility index (Phi) is 3.81. The van der Waals surface area contributed by atoms with E-state index in [4.69, 9.17) is 4.74 Å². The highest BCUT2D eigenvalue weighted by atomic mass is 16.5. The van der Waals surface area contributed by atoms with Gasteiger partial charge < -0.3 is 10.1 Å². The van der Waals surface area contributed by atoms with Crippen LogP contribution in [-0.2, 0) is 4.74 Å². The summed E-state index contributed by atoms with van der Waals surface area (Å²) in [5.74, 6) is 0. The minimum absolute atomic E-state index is 0.136. The van der Waals surface area contributed by atoms with E-state index in [-0.39, 0.29) is 16.7 Å². The lowest BCUT2D eigenvalue weighted by Gasteiger charge is -2.48. The number of piperidine rings is 1. The summed E-state index contributed by atoms with van der Waals surface area (Å²) in [4.78, 5) is 0. The van der Waals surface area contributed by atoms with E-state index in [1.807, 2.05) is 6.92 Å². The minimum Gasteiger partial charge on any atom is -0.368 e. The highest BCUT2D eigenvalue weighted by Gasteiger charge is 2.40. The zero-order valence-electron chi connectivity index (χ0n) is 12.6. The molecular weight excluding hydrogens is 210 g/mol. The summed E-state index contributed by atoms with van der Waals surface area (Å²) in [6.45, 7) is 19.3. The fourth-order valence-corrected chi connectivity index (χ4v) is 2.83. The van der Waals surface area contributed by atoms with Crippen molar-refractivity contribution in [2.45, 2.75) is 84.1 Å². The zero-order valence-corrected chi connectivity index (χ0v) is 12.6. The van der Waals surface area contributed by atoms with Gasteiger partial charge in [-0.1, -0.05) is 6.58 Å². The van der Waals surface area contributed by atoms with Gasteiger partial charge in [0.15, 0.2) is 0 Å². The van der Waals surface area contributed by atoms with Crippen molar-refractivity contribution >= 4 is 0 Å². The van der Waals surface area contributed by atoms with Crippen LogP contribution in [0.15, 0.2) is 12.2 Å². The molecule has 0 atom stereocenters. The largest absolute Gasteiger partial charge is 0.368 e. The van der Waals surface area contributed by atoms with E-state index in [1.165, 1.54) is 0 Å². The second-order valence-corrected chi connectivity index (χ2v) is 7.33. The number of nitrogens with one attached hydrogen (secondary N) is 1. The van der Waals surface area contributed by atoms with Gasteiger partial charge in [0.05, 0.1) is 11.7 Å². The molecule has 1 heterocycles. The summed E-state index contributed by atoms with van der Waals surface area (Å²) in [5, 5.41) is 3.67. The lowest BCUT2D eigenvalue weighted by atomic mass is 9.80. The van der Waals surface area contributed by atoms with E-state index < -0.39 is 0 Å². The number of hydrogen-bond acceptors (Lipinski definition) is 2. The summed E-state index contributed by atoms with van der Waals surface area (Å²) in [6.07, 6.45) is 2.40. The average Bonchev–Trinajstić information content (AvgIpc) is 1.94. The van der Waals surface area contributed by atoms with Crippen molar-refractivity contribution in [2.24, 2.45) is 0 Å². The maximum Gasteiger partial charge on any atom is 0.0833 e. The molecule has 100 valence electrons. The summed E-state index contributed by atoms with van der Waals surface area (Å²) < 4.78 is 6.27. The summed E-state index contributed by atoms with van der Waals surface area (Å²) >= 11 is 0. The molecule has 1 saturated heterocycles. The second-order valence-electron chi connectivity index (χ2n) is 7.33. The van der Waals surface area contributed by atoms with Crippen molar-refractivity contribution in [3.05, 3.63) is 12.2 Å². The van der Waals surface area contributed by atoms with Crippen LogP contribution in [0.2, 0.25) is 0 Å². The van der Waals surface area contributed by atoms with Crippen molar-refractivity contribution in [1.29, 1.82) is 0 Å². The Balaban J connectivity index is 2.76. The fraction of sp³-hybridized carbons (Fsp3) is 0.867. The molecule has 1 aliphatic rings. The first-order chi connectivity index (χ1) is 7.44. The van der Waals surface area contributed by atoms with Crippen LogP contribution in [0.1, 0.15) is 61.3 Å². The highest BCUT2D eigenvalue weighted by Crippen LogP contribution is 2.33. The van der Waals surface area contributed by atoms with Gasteiger partial charge in [-0.25, -0.2) is 0 Å². The smallest absolute Gasteiger partial charge is 0.0833 e. The number of hydrogen-bond donors (Lipinski definition) is 1. The van der Waals surface area contributed by atoms with Gasteiger partial charge in [-0.05, 0) is 66.9 Å². The van der Waals surface area contributed by atoms with Crippen LogP contribution in [0.5, 0.6) is 0 Å². The van der Waals surface area contributed by atoms with E-state index in [0.717, 1.165) is 18.4 Å². The first-order valence-electron chi connectivity index (χ1n) is 6.57. The van der Waals surface area contributed by atoms with E-state index >= 15 is 0 Å². The van der Waals surface area contributed by atoms with E-state index in [0.29, 0.717) is 6.10 Å². The third kappa shape index (κ3) is 4.11. The number of ether oxygens (including phenoxy) is 1. The van der Waals surface area contributed by atoms with Gasteiger partial charge in [0.1, 0.15) is 0 Å². The Bertz CT molecular complexity index is 286. The topological polar surface area (TPSA) is 21.3 Å². The fourth-order valence-electron chi connectivity index (χ4n) is 2.83. The van der Waals surface area contributed by atoms with Crippen LogP contribution in [-0.4, -0.2) is 22.8 Å². The molecule has 0 unspecified atom stereocenters. The second kappa shape index (κ2) is 4.40. The Morgan fingerprint density at radius 1 is 1.18 bits per heavy atom. The van der Waals surface area contributed by atoms with Gasteiger partial charge in [0.2, 0.25) is 0 Å². The zero-order chi connectivity index (χ0) is 13.5. The van der Waals surface area contributed by atoms with E-state index in [1.54, 1.807) is 0 Å². The van der Waals surface area contributed by atoms with Crippen molar-refractivity contribution in [3.63, 3.8) is 0 Å². The molecule has 17 heavy (non-hydrogen) atoms. The summed E-state index contributed by atoms with van der Waals surface area (Å²) in [7, 11) is 0. The average molecular weight is 239 g/mol. The Morgan fingerprint density at radius 2 is 1.59 bits per heavy atom. The molecule has 0 aromatic rings. The molecule has 0 radical (unpaired) electrons. The van der Waals surface area contributed by atoms with Gasteiger partial charge >= 0.3 is 0 Å². The van der Waals surface area contributed by atoms with E-state index in [9.17, 15) is 0 Å². The molecule has 1 fully saturated rings. The molecule has 1 rings (SSSR count). The van der Waals surface area contributed by atoms with Crippen molar-refractivity contribution in [3.8, 4) is 0 Å². The van der Waals surface area contributed by atoms with Crippen LogP contribution >= 0.6 is 0 Å². The molecule has 1 aliphatic heterocycles. The summed E-state index contributed by atoms with van der Waals surface area (Å²) in [6, 6.07) is 0. The molecule has 0 aromatic heterocycles. The van der Waals surface area contributed by atoms with Crippen LogP contribution in [0.4, 0.5) is 0 Å². The monoisotopic (exact) mass is 239 g/mol. The van der Waals surface area contributed by atoms with Crippen LogP contribution in [0, 0.1) is 0 Å². The molecule has 2 nitrogen and oxygen atoms in total. The number of rotatable bonds is 3. The molecule has 0 spiro atoms. The molecule has 0 amide bonds. The lowest BCUT2D eigenvalue weighted by Crippen LogP contribution is -2.60. The maximum atomic E-state index is 6.27. The van der Waals surface area contributed by atoms with Gasteiger partial charge in [0.25, 0.3) is 0 Å². The Labute approximate surface area is 107 Å². The molecule has 0 saturated carbocycles. The van der Waals surface area contributed by atoms with Gasteiger partial charge in [-0.15, -0.1) is 0 Å². The molecule has 0 aromatic carbocycles. The molecular formula is C15H29NO. The standard InChI is InChI=1S/C15H29NO/c1-11(2)15(7,8)17-12-9-13(3,4)16-14(5,6)10-12/h12,16H,1,9-10H2,2-8H3. The van der Waals surface area contributed by atoms with Gasteiger partial charge in [0, 0.05) is 11.1 Å². The maximum absolute atomic E-state index is 6.27. The molecule has 0 bridgehead atoms. The molecule has 0 aliphatic carbocycles. The quantitative estimate of drug-likeness (QED) is 0.759. The van der Waals surface area contributed by atoms with Crippen molar-refractivity contribution < 1.29 is 4.74 Å². The minimum atomic E-state index is -0.228. The van der Waals surface area contributed by atoms with Crippen molar-refractivity contribution in [2.75, 3.05) is 0 Å². The first kappa shape index (κ1) is 14.7. The van der Waals surface area contributed by atoms with Gasteiger partial charge in [-0.3, -0.25) is 0 Å². The SMILES string of the molecule is C=C(C)C(C)(C)OC1CC(C)(C)NC(C)(C)C1. The van der Waals surface area contributed by atoms with Crippen molar-refractivity contribution in [1.82, 2.24) is 5.32 Å². The molecule has 2 heteroatoms. The van der Waals surface area contributed by atoms with Crippen LogP contribution in [0.3, 0.4) is 0 Å². The van der Waals surface area contributed by atoms with Gasteiger partial charge in [-0.2, -0.15) is 0 Å². The Morgan fingerprint density at radius 3 is 1.94 bits per heavy atom.